The molecule has 94 valence electrons. The number of aliphatic hydroxyl groups is 1. The smallest absolute Gasteiger partial charge is 0.390 e. The summed E-state index contributed by atoms with van der Waals surface area (Å²) in [5, 5.41) is 9.12. The van der Waals surface area contributed by atoms with Crippen LogP contribution in [0, 0.1) is 0 Å². The summed E-state index contributed by atoms with van der Waals surface area (Å²) in [6.07, 6.45) is -2.89. The third-order valence-corrected chi connectivity index (χ3v) is 2.54. The molecule has 2 rings (SSSR count). The molecule has 1 aromatic heterocycles. The van der Waals surface area contributed by atoms with Gasteiger partial charge in [0.25, 0.3) is 0 Å². The van der Waals surface area contributed by atoms with Crippen LogP contribution in [0.5, 0.6) is 0 Å². The van der Waals surface area contributed by atoms with E-state index in [0.717, 1.165) is 12.1 Å². The highest BCUT2D eigenvalue weighted by Gasteiger charge is 2.30. The Morgan fingerprint density at radius 2 is 1.89 bits per heavy atom. The molecule has 0 unspecified atom stereocenters. The second-order valence-corrected chi connectivity index (χ2v) is 3.73. The summed E-state index contributed by atoms with van der Waals surface area (Å²) in [6, 6.07) is 8.22. The number of aliphatic hydroxyl groups excluding tert-OH is 1. The van der Waals surface area contributed by atoms with E-state index in [1.54, 1.807) is 18.2 Å². The van der Waals surface area contributed by atoms with E-state index in [2.05, 4.69) is 4.98 Å². The zero-order chi connectivity index (χ0) is 13.2. The zero-order valence-electron chi connectivity index (χ0n) is 9.28. The van der Waals surface area contributed by atoms with Gasteiger partial charge in [0, 0.05) is 11.8 Å². The number of hydrogen-bond acceptors (Lipinski definition) is 2. The molecular formula is C13H10F3NO. The zero-order valence-corrected chi connectivity index (χ0v) is 9.28. The fraction of sp³-hybridized carbons (Fsp3) is 0.154. The molecule has 0 saturated carbocycles. The maximum atomic E-state index is 12.6. The van der Waals surface area contributed by atoms with Crippen LogP contribution in [0.2, 0.25) is 0 Å². The molecular weight excluding hydrogens is 243 g/mol. The van der Waals surface area contributed by atoms with Gasteiger partial charge in [0.05, 0.1) is 17.9 Å². The number of pyridine rings is 1. The van der Waals surface area contributed by atoms with Crippen molar-refractivity contribution in [2.75, 3.05) is 0 Å². The highest BCUT2D eigenvalue weighted by atomic mass is 19.4. The first-order valence-corrected chi connectivity index (χ1v) is 5.25. The van der Waals surface area contributed by atoms with Gasteiger partial charge in [-0.15, -0.1) is 0 Å². The number of benzene rings is 1. The van der Waals surface area contributed by atoms with Gasteiger partial charge in [0.2, 0.25) is 0 Å². The molecule has 2 nitrogen and oxygen atoms in total. The van der Waals surface area contributed by atoms with Crippen molar-refractivity contribution in [3.63, 3.8) is 0 Å². The normalized spacial score (nSPS) is 11.6. The molecule has 2 aromatic rings. The van der Waals surface area contributed by atoms with E-state index in [1.165, 1.54) is 12.3 Å². The molecule has 0 radical (unpaired) electrons. The van der Waals surface area contributed by atoms with Crippen LogP contribution < -0.4 is 0 Å². The fourth-order valence-electron chi connectivity index (χ4n) is 1.69. The predicted molar refractivity (Wildman–Crippen MR) is 60.6 cm³/mol. The topological polar surface area (TPSA) is 33.1 Å². The number of rotatable bonds is 2. The van der Waals surface area contributed by atoms with Gasteiger partial charge in [-0.3, -0.25) is 4.98 Å². The minimum atomic E-state index is -4.38. The van der Waals surface area contributed by atoms with Crippen LogP contribution >= 0.6 is 0 Å². The minimum Gasteiger partial charge on any atom is -0.390 e. The third kappa shape index (κ3) is 2.51. The van der Waals surface area contributed by atoms with Crippen molar-refractivity contribution in [2.45, 2.75) is 12.8 Å². The number of nitrogens with zero attached hydrogens (tertiary/aromatic N) is 1. The molecule has 0 aliphatic heterocycles. The largest absolute Gasteiger partial charge is 0.416 e. The Labute approximate surface area is 102 Å². The van der Waals surface area contributed by atoms with Gasteiger partial charge in [0.1, 0.15) is 0 Å². The summed E-state index contributed by atoms with van der Waals surface area (Å²) in [5.41, 5.74) is 0.539. The molecule has 18 heavy (non-hydrogen) atoms. The highest BCUT2D eigenvalue weighted by molar-refractivity contribution is 5.66. The minimum absolute atomic E-state index is 0.313. The molecule has 0 amide bonds. The average molecular weight is 253 g/mol. The quantitative estimate of drug-likeness (QED) is 0.891. The van der Waals surface area contributed by atoms with Crippen LogP contribution in [0.1, 0.15) is 11.3 Å². The average Bonchev–Trinajstić information content (AvgIpc) is 2.38. The Balaban J connectivity index is 2.51. The first-order valence-electron chi connectivity index (χ1n) is 5.25. The first kappa shape index (κ1) is 12.6. The Morgan fingerprint density at radius 1 is 1.11 bits per heavy atom. The SMILES string of the molecule is OCc1ncccc1-c1cccc(C(F)(F)F)c1. The van der Waals surface area contributed by atoms with Crippen LogP contribution in [0.15, 0.2) is 42.6 Å². The molecule has 0 aliphatic carbocycles. The molecule has 5 heteroatoms. The van der Waals surface area contributed by atoms with Gasteiger partial charge in [-0.05, 0) is 23.8 Å². The summed E-state index contributed by atoms with van der Waals surface area (Å²) in [4.78, 5) is 3.93. The standard InChI is InChI=1S/C13H10F3NO/c14-13(15,16)10-4-1-3-9(7-10)11-5-2-6-17-12(11)8-18/h1-7,18H,8H2. The molecule has 1 N–H and O–H groups in total. The van der Waals surface area contributed by atoms with Gasteiger partial charge < -0.3 is 5.11 Å². The maximum Gasteiger partial charge on any atom is 0.416 e. The molecule has 0 spiro atoms. The lowest BCUT2D eigenvalue weighted by molar-refractivity contribution is -0.137. The Morgan fingerprint density at radius 3 is 2.56 bits per heavy atom. The maximum absolute atomic E-state index is 12.6. The Bertz CT molecular complexity index is 552. The van der Waals surface area contributed by atoms with Gasteiger partial charge >= 0.3 is 6.18 Å². The van der Waals surface area contributed by atoms with Gasteiger partial charge in [-0.2, -0.15) is 13.2 Å². The van der Waals surface area contributed by atoms with Crippen LogP contribution in [-0.2, 0) is 12.8 Å². The van der Waals surface area contributed by atoms with E-state index in [0.29, 0.717) is 16.8 Å². The van der Waals surface area contributed by atoms with Gasteiger partial charge in [0.15, 0.2) is 0 Å². The number of halogens is 3. The molecule has 1 aromatic carbocycles. The number of aromatic nitrogens is 1. The van der Waals surface area contributed by atoms with E-state index in [4.69, 9.17) is 5.11 Å². The lowest BCUT2D eigenvalue weighted by Gasteiger charge is -2.10. The summed E-state index contributed by atoms with van der Waals surface area (Å²) in [7, 11) is 0. The molecule has 0 fully saturated rings. The predicted octanol–water partition coefficient (Wildman–Crippen LogP) is 3.26. The Hall–Kier alpha value is -1.88. The van der Waals surface area contributed by atoms with Crippen molar-refractivity contribution in [2.24, 2.45) is 0 Å². The van der Waals surface area contributed by atoms with E-state index in [-0.39, 0.29) is 6.61 Å². The summed E-state index contributed by atoms with van der Waals surface area (Å²) in [5.74, 6) is 0. The molecule has 0 atom stereocenters. The summed E-state index contributed by atoms with van der Waals surface area (Å²) < 4.78 is 37.8. The lowest BCUT2D eigenvalue weighted by atomic mass is 10.0. The second-order valence-electron chi connectivity index (χ2n) is 3.73. The van der Waals surface area contributed by atoms with Crippen molar-refractivity contribution in [1.29, 1.82) is 0 Å². The van der Waals surface area contributed by atoms with Gasteiger partial charge in [-0.1, -0.05) is 18.2 Å². The van der Waals surface area contributed by atoms with E-state index < -0.39 is 11.7 Å². The van der Waals surface area contributed by atoms with Crippen molar-refractivity contribution < 1.29 is 18.3 Å². The molecule has 0 aliphatic rings. The number of hydrogen-bond donors (Lipinski definition) is 1. The van der Waals surface area contributed by atoms with E-state index >= 15 is 0 Å². The van der Waals surface area contributed by atoms with Crippen molar-refractivity contribution >= 4 is 0 Å². The summed E-state index contributed by atoms with van der Waals surface area (Å²) in [6.45, 7) is -0.313. The van der Waals surface area contributed by atoms with E-state index in [1.807, 2.05) is 0 Å². The van der Waals surface area contributed by atoms with E-state index in [9.17, 15) is 13.2 Å². The third-order valence-electron chi connectivity index (χ3n) is 2.54. The van der Waals surface area contributed by atoms with Crippen molar-refractivity contribution in [3.8, 4) is 11.1 Å². The van der Waals surface area contributed by atoms with Crippen LogP contribution in [0.4, 0.5) is 13.2 Å². The highest BCUT2D eigenvalue weighted by Crippen LogP contribution is 2.32. The second kappa shape index (κ2) is 4.78. The first-order chi connectivity index (χ1) is 8.52. The Kier molecular flexibility index (Phi) is 3.34. The van der Waals surface area contributed by atoms with Crippen LogP contribution in [0.3, 0.4) is 0 Å². The lowest BCUT2D eigenvalue weighted by Crippen LogP contribution is -2.04. The van der Waals surface area contributed by atoms with Crippen molar-refractivity contribution in [1.82, 2.24) is 4.98 Å². The monoisotopic (exact) mass is 253 g/mol. The molecule has 1 heterocycles. The molecule has 0 bridgehead atoms. The fourth-order valence-corrected chi connectivity index (χ4v) is 1.69. The number of alkyl halides is 3. The van der Waals surface area contributed by atoms with Crippen LogP contribution in [-0.4, -0.2) is 10.1 Å². The molecule has 0 saturated heterocycles. The van der Waals surface area contributed by atoms with Crippen LogP contribution in [0.25, 0.3) is 11.1 Å². The van der Waals surface area contributed by atoms with Gasteiger partial charge in [-0.25, -0.2) is 0 Å². The summed E-state index contributed by atoms with van der Waals surface area (Å²) >= 11 is 0. The van der Waals surface area contributed by atoms with Crippen molar-refractivity contribution in [3.05, 3.63) is 53.9 Å².